The Morgan fingerprint density at radius 2 is 1.82 bits per heavy atom. The molecule has 1 aromatic rings. The second kappa shape index (κ2) is 6.20. The van der Waals surface area contributed by atoms with Crippen molar-refractivity contribution in [2.24, 2.45) is 18.7 Å². The van der Waals surface area contributed by atoms with Crippen LogP contribution in [-0.2, 0) is 13.5 Å². The van der Waals surface area contributed by atoms with Crippen LogP contribution in [0.4, 0.5) is 0 Å². The van der Waals surface area contributed by atoms with E-state index in [4.69, 9.17) is 5.73 Å². The number of hydrogen-bond acceptors (Lipinski definition) is 2. The van der Waals surface area contributed by atoms with E-state index < -0.39 is 0 Å². The average molecular weight is 237 g/mol. The molecule has 1 heterocycles. The number of aromatic nitrogens is 2. The van der Waals surface area contributed by atoms with Crippen molar-refractivity contribution in [2.75, 3.05) is 0 Å². The highest BCUT2D eigenvalue weighted by atomic mass is 15.3. The molecule has 0 aliphatic carbocycles. The maximum Gasteiger partial charge on any atom is 0.0628 e. The fourth-order valence-electron chi connectivity index (χ4n) is 2.20. The highest BCUT2D eigenvalue weighted by molar-refractivity contribution is 5.24. The van der Waals surface area contributed by atoms with Gasteiger partial charge in [0.1, 0.15) is 0 Å². The summed E-state index contributed by atoms with van der Waals surface area (Å²) >= 11 is 0. The summed E-state index contributed by atoms with van der Waals surface area (Å²) in [5.74, 6) is 0.753. The first kappa shape index (κ1) is 14.2. The van der Waals surface area contributed by atoms with E-state index in [1.54, 1.807) is 0 Å². The molecule has 1 atom stereocenters. The zero-order valence-electron chi connectivity index (χ0n) is 12.0. The van der Waals surface area contributed by atoms with Gasteiger partial charge in [0.15, 0.2) is 0 Å². The second-order valence-corrected chi connectivity index (χ2v) is 5.54. The van der Waals surface area contributed by atoms with Crippen LogP contribution < -0.4 is 5.73 Å². The minimum atomic E-state index is 0.330. The largest absolute Gasteiger partial charge is 0.328 e. The predicted octanol–water partition coefficient (Wildman–Crippen LogP) is 2.73. The molecule has 1 unspecified atom stereocenters. The molecule has 17 heavy (non-hydrogen) atoms. The minimum Gasteiger partial charge on any atom is -0.328 e. The lowest BCUT2D eigenvalue weighted by Gasteiger charge is -2.13. The molecule has 98 valence electrons. The topological polar surface area (TPSA) is 43.8 Å². The van der Waals surface area contributed by atoms with Crippen LogP contribution in [0.5, 0.6) is 0 Å². The summed E-state index contributed by atoms with van der Waals surface area (Å²) in [5, 5.41) is 4.44. The number of hydrogen-bond donors (Lipinski definition) is 1. The van der Waals surface area contributed by atoms with E-state index in [9.17, 15) is 0 Å². The molecule has 0 aliphatic heterocycles. The van der Waals surface area contributed by atoms with E-state index in [1.807, 2.05) is 11.7 Å². The number of nitrogens with zero attached hydrogens (tertiary/aromatic N) is 2. The lowest BCUT2D eigenvalue weighted by atomic mass is 9.98. The van der Waals surface area contributed by atoms with Gasteiger partial charge in [-0.25, -0.2) is 0 Å². The van der Waals surface area contributed by atoms with Crippen LogP contribution in [0.3, 0.4) is 0 Å². The van der Waals surface area contributed by atoms with Gasteiger partial charge in [-0.3, -0.25) is 4.68 Å². The molecule has 0 radical (unpaired) electrons. The maximum atomic E-state index is 6.15. The van der Waals surface area contributed by atoms with E-state index in [-0.39, 0.29) is 0 Å². The molecule has 0 fully saturated rings. The predicted molar refractivity (Wildman–Crippen MR) is 73.1 cm³/mol. The second-order valence-electron chi connectivity index (χ2n) is 5.54. The van der Waals surface area contributed by atoms with Crippen LogP contribution in [0.1, 0.15) is 50.1 Å². The van der Waals surface area contributed by atoms with Gasteiger partial charge in [0, 0.05) is 18.8 Å². The van der Waals surface area contributed by atoms with Crippen molar-refractivity contribution in [3.05, 3.63) is 17.0 Å². The van der Waals surface area contributed by atoms with Crippen molar-refractivity contribution in [3.63, 3.8) is 0 Å². The summed E-state index contributed by atoms with van der Waals surface area (Å²) in [4.78, 5) is 0. The molecule has 1 rings (SSSR count). The molecule has 3 heteroatoms. The lowest BCUT2D eigenvalue weighted by Crippen LogP contribution is -2.21. The summed E-state index contributed by atoms with van der Waals surface area (Å²) in [6, 6.07) is 0.330. The summed E-state index contributed by atoms with van der Waals surface area (Å²) in [6.45, 7) is 8.72. The highest BCUT2D eigenvalue weighted by Crippen LogP contribution is 2.16. The third-order valence-corrected chi connectivity index (χ3v) is 3.54. The Labute approximate surface area is 105 Å². The van der Waals surface area contributed by atoms with Crippen LogP contribution in [-0.4, -0.2) is 15.8 Å². The Kier molecular flexibility index (Phi) is 5.19. The van der Waals surface area contributed by atoms with E-state index in [0.29, 0.717) is 6.04 Å². The van der Waals surface area contributed by atoms with Gasteiger partial charge in [-0.15, -0.1) is 0 Å². The van der Waals surface area contributed by atoms with Crippen LogP contribution in [0.15, 0.2) is 0 Å². The average Bonchev–Trinajstić information content (AvgIpc) is 2.48. The molecule has 2 N–H and O–H groups in total. The Hall–Kier alpha value is -0.830. The smallest absolute Gasteiger partial charge is 0.0628 e. The summed E-state index contributed by atoms with van der Waals surface area (Å²) < 4.78 is 1.96. The van der Waals surface area contributed by atoms with Gasteiger partial charge < -0.3 is 5.73 Å². The van der Waals surface area contributed by atoms with Crippen molar-refractivity contribution in [1.29, 1.82) is 0 Å². The summed E-state index contributed by atoms with van der Waals surface area (Å²) in [5.41, 5.74) is 9.96. The first-order valence-corrected chi connectivity index (χ1v) is 6.66. The molecule has 3 nitrogen and oxygen atoms in total. The van der Waals surface area contributed by atoms with Gasteiger partial charge >= 0.3 is 0 Å². The third kappa shape index (κ3) is 4.15. The van der Waals surface area contributed by atoms with Crippen molar-refractivity contribution >= 4 is 0 Å². The zero-order chi connectivity index (χ0) is 13.0. The molecule has 0 bridgehead atoms. The van der Waals surface area contributed by atoms with E-state index >= 15 is 0 Å². The minimum absolute atomic E-state index is 0.330. The van der Waals surface area contributed by atoms with Crippen molar-refractivity contribution in [1.82, 2.24) is 9.78 Å². The van der Waals surface area contributed by atoms with Crippen LogP contribution >= 0.6 is 0 Å². The quantitative estimate of drug-likeness (QED) is 0.826. The molecule has 0 saturated carbocycles. The Bertz CT molecular complexity index is 353. The van der Waals surface area contributed by atoms with Crippen LogP contribution in [0, 0.1) is 19.8 Å². The first-order chi connectivity index (χ1) is 7.91. The molecule has 1 aromatic heterocycles. The van der Waals surface area contributed by atoms with Crippen molar-refractivity contribution in [3.8, 4) is 0 Å². The molecule has 0 aromatic carbocycles. The van der Waals surface area contributed by atoms with Gasteiger partial charge in [0.2, 0.25) is 0 Å². The maximum absolute atomic E-state index is 6.15. The molecule has 0 spiro atoms. The first-order valence-electron chi connectivity index (χ1n) is 6.66. The fraction of sp³-hybridized carbons (Fsp3) is 0.786. The van der Waals surface area contributed by atoms with Crippen LogP contribution in [0.2, 0.25) is 0 Å². The fourth-order valence-corrected chi connectivity index (χ4v) is 2.20. The van der Waals surface area contributed by atoms with E-state index in [2.05, 4.69) is 32.8 Å². The van der Waals surface area contributed by atoms with Gasteiger partial charge in [-0.1, -0.05) is 13.8 Å². The van der Waals surface area contributed by atoms with Gasteiger partial charge in [0.25, 0.3) is 0 Å². The SMILES string of the molecule is Cc1nn(C)c(C)c1CCC(N)CCC(C)C. The summed E-state index contributed by atoms with van der Waals surface area (Å²) in [7, 11) is 2.00. The van der Waals surface area contributed by atoms with Crippen LogP contribution in [0.25, 0.3) is 0 Å². The van der Waals surface area contributed by atoms with E-state index in [1.165, 1.54) is 17.7 Å². The van der Waals surface area contributed by atoms with Crippen molar-refractivity contribution < 1.29 is 0 Å². The third-order valence-electron chi connectivity index (χ3n) is 3.54. The van der Waals surface area contributed by atoms with Crippen molar-refractivity contribution in [2.45, 2.75) is 59.4 Å². The normalized spacial score (nSPS) is 13.4. The standard InChI is InChI=1S/C14H27N3/c1-10(2)6-7-13(15)8-9-14-11(3)16-17(5)12(14)4/h10,13H,6-9,15H2,1-5H3. The molecule has 0 saturated heterocycles. The summed E-state index contributed by atoms with van der Waals surface area (Å²) in [6.07, 6.45) is 4.49. The molecule has 0 aliphatic rings. The van der Waals surface area contributed by atoms with Gasteiger partial charge in [-0.2, -0.15) is 5.10 Å². The Balaban J connectivity index is 2.44. The zero-order valence-corrected chi connectivity index (χ0v) is 12.0. The van der Waals surface area contributed by atoms with E-state index in [0.717, 1.165) is 30.9 Å². The molecule has 0 amide bonds. The van der Waals surface area contributed by atoms with Gasteiger partial charge in [0.05, 0.1) is 5.69 Å². The Morgan fingerprint density at radius 1 is 1.18 bits per heavy atom. The number of aryl methyl sites for hydroxylation is 2. The number of nitrogens with two attached hydrogens (primary N) is 1. The molecular weight excluding hydrogens is 210 g/mol. The Morgan fingerprint density at radius 3 is 2.29 bits per heavy atom. The van der Waals surface area contributed by atoms with Gasteiger partial charge in [-0.05, 0) is 51.0 Å². The monoisotopic (exact) mass is 237 g/mol. The molecular formula is C14H27N3. The lowest BCUT2D eigenvalue weighted by molar-refractivity contribution is 0.478. The number of rotatable bonds is 6. The highest BCUT2D eigenvalue weighted by Gasteiger charge is 2.11.